The summed E-state index contributed by atoms with van der Waals surface area (Å²) in [6.45, 7) is 6.98. The molecule has 1 aromatic rings. The Hall–Kier alpha value is -0.410. The van der Waals surface area contributed by atoms with Crippen LogP contribution in [0.4, 0.5) is 0 Å². The number of aromatic nitrogens is 1. The SMILES string of the molecule is CC1CC(C)(C)CC(N)(Cc2ccc(Br)cn2)C1. The zero-order valence-corrected chi connectivity index (χ0v) is 13.1. The molecule has 2 nitrogen and oxygen atoms in total. The van der Waals surface area contributed by atoms with E-state index in [-0.39, 0.29) is 5.54 Å². The van der Waals surface area contributed by atoms with Gasteiger partial charge >= 0.3 is 0 Å². The fourth-order valence-electron chi connectivity index (χ4n) is 3.81. The first-order chi connectivity index (χ1) is 8.28. The number of pyridine rings is 1. The maximum absolute atomic E-state index is 6.64. The molecule has 1 saturated carbocycles. The lowest BCUT2D eigenvalue weighted by atomic mass is 9.63. The lowest BCUT2D eigenvalue weighted by Gasteiger charge is -2.45. The van der Waals surface area contributed by atoms with Crippen molar-refractivity contribution >= 4 is 15.9 Å². The van der Waals surface area contributed by atoms with Crippen molar-refractivity contribution in [1.82, 2.24) is 4.98 Å². The molecule has 0 aromatic carbocycles. The summed E-state index contributed by atoms with van der Waals surface area (Å²) in [5.74, 6) is 0.703. The van der Waals surface area contributed by atoms with E-state index in [2.05, 4.69) is 47.8 Å². The molecule has 1 aromatic heterocycles. The second-order valence-corrected chi connectivity index (χ2v) is 7.78. The molecule has 0 radical (unpaired) electrons. The minimum absolute atomic E-state index is 0.0952. The molecule has 100 valence electrons. The van der Waals surface area contributed by atoms with Gasteiger partial charge in [-0.25, -0.2) is 0 Å². The number of halogens is 1. The Morgan fingerprint density at radius 2 is 2.11 bits per heavy atom. The quantitative estimate of drug-likeness (QED) is 0.899. The van der Waals surface area contributed by atoms with Gasteiger partial charge < -0.3 is 5.73 Å². The first-order valence-corrected chi connectivity index (χ1v) is 7.47. The van der Waals surface area contributed by atoms with Crippen LogP contribution in [0, 0.1) is 11.3 Å². The van der Waals surface area contributed by atoms with E-state index >= 15 is 0 Å². The largest absolute Gasteiger partial charge is 0.325 e. The maximum Gasteiger partial charge on any atom is 0.0422 e. The predicted octanol–water partition coefficient (Wildman–Crippen LogP) is 3.93. The smallest absolute Gasteiger partial charge is 0.0422 e. The molecule has 0 bridgehead atoms. The van der Waals surface area contributed by atoms with Gasteiger partial charge in [-0.2, -0.15) is 0 Å². The Bertz CT molecular complexity index is 413. The highest BCUT2D eigenvalue weighted by Crippen LogP contribution is 2.43. The zero-order chi connectivity index (χ0) is 13.4. The summed E-state index contributed by atoms with van der Waals surface area (Å²) in [5.41, 5.74) is 8.00. The van der Waals surface area contributed by atoms with Crippen molar-refractivity contribution < 1.29 is 0 Å². The van der Waals surface area contributed by atoms with Crippen molar-refractivity contribution in [3.63, 3.8) is 0 Å². The highest BCUT2D eigenvalue weighted by Gasteiger charge is 2.40. The van der Waals surface area contributed by atoms with Crippen molar-refractivity contribution in [3.05, 3.63) is 28.5 Å². The van der Waals surface area contributed by atoms with Crippen LogP contribution in [0.5, 0.6) is 0 Å². The van der Waals surface area contributed by atoms with E-state index in [1.165, 1.54) is 6.42 Å². The van der Waals surface area contributed by atoms with Crippen LogP contribution in [0.3, 0.4) is 0 Å². The van der Waals surface area contributed by atoms with Crippen LogP contribution < -0.4 is 5.73 Å². The average Bonchev–Trinajstić information content (AvgIpc) is 2.17. The molecule has 18 heavy (non-hydrogen) atoms. The molecule has 1 fully saturated rings. The van der Waals surface area contributed by atoms with Crippen molar-refractivity contribution in [2.45, 2.75) is 52.0 Å². The van der Waals surface area contributed by atoms with Gasteiger partial charge in [0.25, 0.3) is 0 Å². The Labute approximate surface area is 119 Å². The van der Waals surface area contributed by atoms with Crippen LogP contribution >= 0.6 is 15.9 Å². The van der Waals surface area contributed by atoms with Crippen molar-refractivity contribution in [1.29, 1.82) is 0 Å². The van der Waals surface area contributed by atoms with E-state index in [1.807, 2.05) is 12.3 Å². The number of hydrogen-bond donors (Lipinski definition) is 1. The molecule has 2 unspecified atom stereocenters. The standard InChI is InChI=1S/C15H23BrN2/c1-11-6-14(2,3)10-15(17,7-11)8-13-5-4-12(16)9-18-13/h4-5,9,11H,6-8,10,17H2,1-3H3. The number of nitrogens with zero attached hydrogens (tertiary/aromatic N) is 1. The average molecular weight is 311 g/mol. The summed E-state index contributed by atoms with van der Waals surface area (Å²) < 4.78 is 1.02. The summed E-state index contributed by atoms with van der Waals surface area (Å²) >= 11 is 3.42. The van der Waals surface area contributed by atoms with E-state index < -0.39 is 0 Å². The maximum atomic E-state index is 6.64. The molecule has 2 N–H and O–H groups in total. The molecule has 1 aliphatic rings. The van der Waals surface area contributed by atoms with E-state index in [4.69, 9.17) is 5.73 Å². The molecule has 1 aliphatic carbocycles. The number of hydrogen-bond acceptors (Lipinski definition) is 2. The second-order valence-electron chi connectivity index (χ2n) is 6.86. The monoisotopic (exact) mass is 310 g/mol. The second kappa shape index (κ2) is 4.93. The minimum atomic E-state index is -0.0952. The highest BCUT2D eigenvalue weighted by molar-refractivity contribution is 9.10. The highest BCUT2D eigenvalue weighted by atomic mass is 79.9. The molecule has 1 heterocycles. The number of rotatable bonds is 2. The van der Waals surface area contributed by atoms with Crippen LogP contribution in [0.25, 0.3) is 0 Å². The fraction of sp³-hybridized carbons (Fsp3) is 0.667. The van der Waals surface area contributed by atoms with Gasteiger partial charge in [-0.05, 0) is 58.7 Å². The summed E-state index contributed by atoms with van der Waals surface area (Å²) in [5, 5.41) is 0. The van der Waals surface area contributed by atoms with Crippen molar-refractivity contribution in [2.75, 3.05) is 0 Å². The Morgan fingerprint density at radius 1 is 1.39 bits per heavy atom. The molecule has 0 spiro atoms. The van der Waals surface area contributed by atoms with Gasteiger partial charge in [0.15, 0.2) is 0 Å². The molecular weight excluding hydrogens is 288 g/mol. The number of nitrogens with two attached hydrogens (primary N) is 1. The zero-order valence-electron chi connectivity index (χ0n) is 11.5. The first-order valence-electron chi connectivity index (χ1n) is 6.67. The van der Waals surface area contributed by atoms with Gasteiger partial charge in [0.2, 0.25) is 0 Å². The molecule has 2 atom stereocenters. The molecule has 0 aliphatic heterocycles. The van der Waals surface area contributed by atoms with E-state index in [0.717, 1.165) is 29.4 Å². The Balaban J connectivity index is 2.13. The first kappa shape index (κ1) is 14.0. The van der Waals surface area contributed by atoms with Crippen LogP contribution in [-0.2, 0) is 6.42 Å². The van der Waals surface area contributed by atoms with Crippen LogP contribution in [0.1, 0.15) is 45.7 Å². The molecule has 0 amide bonds. The topological polar surface area (TPSA) is 38.9 Å². The summed E-state index contributed by atoms with van der Waals surface area (Å²) in [4.78, 5) is 4.46. The van der Waals surface area contributed by atoms with Gasteiger partial charge in [0.1, 0.15) is 0 Å². The van der Waals surface area contributed by atoms with Gasteiger partial charge in [0.05, 0.1) is 0 Å². The lowest BCUT2D eigenvalue weighted by molar-refractivity contribution is 0.107. The van der Waals surface area contributed by atoms with Crippen LogP contribution in [-0.4, -0.2) is 10.5 Å². The molecule has 2 rings (SSSR count). The third-order valence-corrected chi connectivity index (χ3v) is 4.28. The third kappa shape index (κ3) is 3.55. The Kier molecular flexibility index (Phi) is 3.84. The van der Waals surface area contributed by atoms with Crippen LogP contribution in [0.15, 0.2) is 22.8 Å². The fourth-order valence-corrected chi connectivity index (χ4v) is 4.05. The van der Waals surface area contributed by atoms with E-state index in [0.29, 0.717) is 11.3 Å². The normalized spacial score (nSPS) is 31.3. The third-order valence-electron chi connectivity index (χ3n) is 3.81. The minimum Gasteiger partial charge on any atom is -0.325 e. The van der Waals surface area contributed by atoms with Gasteiger partial charge in [-0.1, -0.05) is 20.8 Å². The van der Waals surface area contributed by atoms with Crippen molar-refractivity contribution in [3.8, 4) is 0 Å². The van der Waals surface area contributed by atoms with E-state index in [1.54, 1.807) is 0 Å². The molecular formula is C15H23BrN2. The van der Waals surface area contributed by atoms with Gasteiger partial charge in [0, 0.05) is 28.3 Å². The van der Waals surface area contributed by atoms with E-state index in [9.17, 15) is 0 Å². The van der Waals surface area contributed by atoms with Crippen LogP contribution in [0.2, 0.25) is 0 Å². The lowest BCUT2D eigenvalue weighted by Crippen LogP contribution is -2.50. The summed E-state index contributed by atoms with van der Waals surface area (Å²) in [6.07, 6.45) is 6.21. The molecule has 3 heteroatoms. The molecule has 0 saturated heterocycles. The van der Waals surface area contributed by atoms with Gasteiger partial charge in [-0.3, -0.25) is 4.98 Å². The summed E-state index contributed by atoms with van der Waals surface area (Å²) in [7, 11) is 0. The van der Waals surface area contributed by atoms with Gasteiger partial charge in [-0.15, -0.1) is 0 Å². The predicted molar refractivity (Wildman–Crippen MR) is 79.4 cm³/mol. The Morgan fingerprint density at radius 3 is 2.67 bits per heavy atom. The van der Waals surface area contributed by atoms with Crippen molar-refractivity contribution in [2.24, 2.45) is 17.1 Å². The summed E-state index contributed by atoms with van der Waals surface area (Å²) in [6, 6.07) is 4.12.